The number of halogens is 2. The fraction of sp³-hybridized carbons (Fsp3) is 0.310. The molecule has 2 amide bonds. The van der Waals surface area contributed by atoms with E-state index in [9.17, 15) is 23.5 Å². The van der Waals surface area contributed by atoms with Crippen molar-refractivity contribution in [3.63, 3.8) is 0 Å². The van der Waals surface area contributed by atoms with E-state index in [2.05, 4.69) is 32.5 Å². The third kappa shape index (κ3) is 9.70. The third-order valence-electron chi connectivity index (χ3n) is 5.55. The molecule has 1 fully saturated rings. The zero-order valence-electron chi connectivity index (χ0n) is 23.8. The second-order valence-corrected chi connectivity index (χ2v) is 10.1. The van der Waals surface area contributed by atoms with Crippen LogP contribution >= 0.6 is 0 Å². The fourth-order valence-electron chi connectivity index (χ4n) is 3.63. The lowest BCUT2D eigenvalue weighted by Gasteiger charge is -2.24. The van der Waals surface area contributed by atoms with Gasteiger partial charge in [-0.3, -0.25) is 4.79 Å². The Morgan fingerprint density at radius 3 is 2.43 bits per heavy atom. The summed E-state index contributed by atoms with van der Waals surface area (Å²) < 4.78 is 38.0. The van der Waals surface area contributed by atoms with Crippen LogP contribution in [-0.2, 0) is 9.53 Å². The van der Waals surface area contributed by atoms with Gasteiger partial charge in [-0.05, 0) is 63.6 Å². The Kier molecular flexibility index (Phi) is 10.7. The van der Waals surface area contributed by atoms with Crippen LogP contribution in [-0.4, -0.2) is 63.9 Å². The molecule has 0 bridgehead atoms. The van der Waals surface area contributed by atoms with Crippen molar-refractivity contribution in [2.24, 2.45) is 0 Å². The number of hydrogen-bond donors (Lipinski definition) is 4. The minimum Gasteiger partial charge on any atom is -0.494 e. The van der Waals surface area contributed by atoms with Crippen LogP contribution in [0.25, 0.3) is 0 Å². The first-order chi connectivity index (χ1) is 19.9. The molecular formula is C29H34F2N6O5. The van der Waals surface area contributed by atoms with E-state index in [4.69, 9.17) is 9.47 Å². The standard InChI is InChI=1S/C20H17F2N5O2.C9H17NO3/c1-3-18(28)24-12-5-4-6-13(9-12)25-19-16(22)11-23-20(27-19)26-14-7-8-17(29-2)15(21)10-14;1-9(2,3)13-8(12)10-5-4-7(11)6-10/h3-11H,1H2,2H3,(H,24,28)(H2,23,25,26,27);7,11H,4-6H2,1-3H3. The molecule has 0 saturated carbocycles. The number of carbonyl (C=O) groups excluding carboxylic acids is 2. The molecule has 1 unspecified atom stereocenters. The largest absolute Gasteiger partial charge is 0.494 e. The van der Waals surface area contributed by atoms with E-state index in [1.807, 2.05) is 20.8 Å². The average Bonchev–Trinajstić information content (AvgIpc) is 3.37. The molecule has 11 nitrogen and oxygen atoms in total. The topological polar surface area (TPSA) is 138 Å². The van der Waals surface area contributed by atoms with Gasteiger partial charge in [0.05, 0.1) is 19.4 Å². The van der Waals surface area contributed by atoms with E-state index in [0.29, 0.717) is 36.6 Å². The Labute approximate surface area is 242 Å². The number of ether oxygens (including phenoxy) is 2. The van der Waals surface area contributed by atoms with E-state index in [1.54, 1.807) is 30.3 Å². The smallest absolute Gasteiger partial charge is 0.410 e. The molecule has 2 aromatic carbocycles. The number of aliphatic hydroxyl groups excluding tert-OH is 1. The van der Waals surface area contributed by atoms with E-state index in [-0.39, 0.29) is 35.6 Å². The van der Waals surface area contributed by atoms with Crippen LogP contribution in [0.3, 0.4) is 0 Å². The summed E-state index contributed by atoms with van der Waals surface area (Å²) in [6, 6.07) is 10.9. The van der Waals surface area contributed by atoms with Crippen molar-refractivity contribution in [3.8, 4) is 5.75 Å². The lowest BCUT2D eigenvalue weighted by atomic mass is 10.2. The number of likely N-dealkylation sites (tertiary alicyclic amines) is 1. The maximum absolute atomic E-state index is 14.1. The number of aromatic nitrogens is 2. The summed E-state index contributed by atoms with van der Waals surface area (Å²) >= 11 is 0. The fourth-order valence-corrected chi connectivity index (χ4v) is 3.63. The monoisotopic (exact) mass is 584 g/mol. The number of carbonyl (C=O) groups is 2. The highest BCUT2D eigenvalue weighted by molar-refractivity contribution is 5.99. The molecule has 0 aliphatic carbocycles. The van der Waals surface area contributed by atoms with Crippen LogP contribution in [0.4, 0.5) is 42.4 Å². The van der Waals surface area contributed by atoms with Crippen LogP contribution in [0.2, 0.25) is 0 Å². The second-order valence-electron chi connectivity index (χ2n) is 10.1. The van der Waals surface area contributed by atoms with Gasteiger partial charge in [0.15, 0.2) is 23.2 Å². The Morgan fingerprint density at radius 1 is 1.10 bits per heavy atom. The van der Waals surface area contributed by atoms with Crippen molar-refractivity contribution in [2.75, 3.05) is 36.1 Å². The number of amides is 2. The Morgan fingerprint density at radius 2 is 1.81 bits per heavy atom. The molecule has 1 saturated heterocycles. The summed E-state index contributed by atoms with van der Waals surface area (Å²) in [7, 11) is 1.37. The predicted molar refractivity (Wildman–Crippen MR) is 155 cm³/mol. The first-order valence-corrected chi connectivity index (χ1v) is 13.0. The molecule has 0 spiro atoms. The van der Waals surface area contributed by atoms with E-state index < -0.39 is 17.2 Å². The van der Waals surface area contributed by atoms with Gasteiger partial charge in [-0.25, -0.2) is 18.6 Å². The first kappa shape index (κ1) is 31.7. The third-order valence-corrected chi connectivity index (χ3v) is 5.55. The first-order valence-electron chi connectivity index (χ1n) is 13.0. The molecule has 0 radical (unpaired) electrons. The van der Waals surface area contributed by atoms with E-state index in [0.717, 1.165) is 12.3 Å². The number of benzene rings is 2. The minimum atomic E-state index is -0.683. The van der Waals surface area contributed by atoms with Crippen molar-refractivity contribution in [1.82, 2.24) is 14.9 Å². The molecule has 13 heteroatoms. The van der Waals surface area contributed by atoms with Gasteiger partial charge in [0.2, 0.25) is 11.9 Å². The van der Waals surface area contributed by atoms with Gasteiger partial charge in [0, 0.05) is 36.2 Å². The summed E-state index contributed by atoms with van der Waals surface area (Å²) in [5, 5.41) is 17.4. The molecule has 2 heterocycles. The van der Waals surface area contributed by atoms with Gasteiger partial charge in [0.1, 0.15) is 5.60 Å². The van der Waals surface area contributed by atoms with Crippen molar-refractivity contribution < 1.29 is 33.0 Å². The van der Waals surface area contributed by atoms with Gasteiger partial charge < -0.3 is 35.4 Å². The van der Waals surface area contributed by atoms with Crippen LogP contribution in [0.5, 0.6) is 5.75 Å². The average molecular weight is 585 g/mol. The number of rotatable bonds is 7. The zero-order valence-corrected chi connectivity index (χ0v) is 23.8. The zero-order chi connectivity index (χ0) is 30.9. The normalized spacial score (nSPS) is 14.3. The van der Waals surface area contributed by atoms with Gasteiger partial charge in [-0.15, -0.1) is 0 Å². The van der Waals surface area contributed by atoms with Gasteiger partial charge in [-0.2, -0.15) is 4.98 Å². The van der Waals surface area contributed by atoms with Crippen molar-refractivity contribution in [2.45, 2.75) is 38.9 Å². The molecule has 42 heavy (non-hydrogen) atoms. The highest BCUT2D eigenvalue weighted by atomic mass is 19.1. The number of aliphatic hydroxyl groups is 1. The van der Waals surface area contributed by atoms with E-state index in [1.165, 1.54) is 24.1 Å². The molecule has 3 aromatic rings. The maximum Gasteiger partial charge on any atom is 0.410 e. The summed E-state index contributed by atoms with van der Waals surface area (Å²) in [5.41, 5.74) is 0.910. The SMILES string of the molecule is C=CC(=O)Nc1cccc(Nc2nc(Nc3ccc(OC)c(F)c3)ncc2F)c1.CC(C)(C)OC(=O)N1CCC(O)C1. The lowest BCUT2D eigenvalue weighted by Crippen LogP contribution is -2.35. The number of nitrogens with one attached hydrogen (secondary N) is 3. The number of methoxy groups -OCH3 is 1. The molecule has 1 aliphatic heterocycles. The Balaban J connectivity index is 0.000000312. The minimum absolute atomic E-state index is 0.0644. The number of hydrogen-bond acceptors (Lipinski definition) is 9. The number of nitrogens with zero attached hydrogens (tertiary/aromatic N) is 3. The highest BCUT2D eigenvalue weighted by Gasteiger charge is 2.28. The van der Waals surface area contributed by atoms with Crippen LogP contribution in [0, 0.1) is 11.6 Å². The summed E-state index contributed by atoms with van der Waals surface area (Å²) in [6.07, 6.45) is 2.07. The van der Waals surface area contributed by atoms with Crippen molar-refractivity contribution >= 4 is 40.8 Å². The highest BCUT2D eigenvalue weighted by Crippen LogP contribution is 2.25. The second kappa shape index (κ2) is 14.2. The summed E-state index contributed by atoms with van der Waals surface area (Å²) in [5.74, 6) is -1.54. The molecule has 1 aromatic heterocycles. The molecular weight excluding hydrogens is 550 g/mol. The van der Waals surface area contributed by atoms with Crippen LogP contribution in [0.15, 0.2) is 61.3 Å². The summed E-state index contributed by atoms with van der Waals surface area (Å²) in [4.78, 5) is 32.3. The molecule has 1 atom stereocenters. The number of β-amino-alcohol motifs (C(OH)–C–C–N with tert-alkyl or cyclic N) is 1. The van der Waals surface area contributed by atoms with Gasteiger partial charge in [0.25, 0.3) is 0 Å². The lowest BCUT2D eigenvalue weighted by molar-refractivity contribution is -0.111. The predicted octanol–water partition coefficient (Wildman–Crippen LogP) is 5.36. The van der Waals surface area contributed by atoms with E-state index >= 15 is 0 Å². The summed E-state index contributed by atoms with van der Waals surface area (Å²) in [6.45, 7) is 9.87. The molecule has 4 N–H and O–H groups in total. The number of anilines is 5. The van der Waals surface area contributed by atoms with Crippen molar-refractivity contribution in [3.05, 3.63) is 73.0 Å². The van der Waals surface area contributed by atoms with Gasteiger partial charge >= 0.3 is 6.09 Å². The quantitative estimate of drug-likeness (QED) is 0.270. The van der Waals surface area contributed by atoms with Crippen LogP contribution in [0.1, 0.15) is 27.2 Å². The van der Waals surface area contributed by atoms with Gasteiger partial charge in [-0.1, -0.05) is 12.6 Å². The Hall–Kier alpha value is -4.78. The molecule has 1 aliphatic rings. The van der Waals surface area contributed by atoms with Crippen LogP contribution < -0.4 is 20.7 Å². The Bertz CT molecular complexity index is 1420. The molecule has 224 valence electrons. The van der Waals surface area contributed by atoms with Crippen molar-refractivity contribution in [1.29, 1.82) is 0 Å². The maximum atomic E-state index is 14.1. The molecule has 4 rings (SSSR count).